The predicted molar refractivity (Wildman–Crippen MR) is 80.7 cm³/mol. The zero-order valence-corrected chi connectivity index (χ0v) is 13.5. The summed E-state index contributed by atoms with van der Waals surface area (Å²) in [6, 6.07) is 2.87. The van der Waals surface area contributed by atoms with Gasteiger partial charge < -0.3 is 15.2 Å². The Labute approximate surface area is 130 Å². The zero-order valence-electron chi connectivity index (χ0n) is 11.9. The van der Waals surface area contributed by atoms with Crippen molar-refractivity contribution in [2.24, 2.45) is 5.73 Å². The molecule has 0 spiro atoms. The second-order valence-corrected chi connectivity index (χ2v) is 5.72. The molecule has 0 aliphatic carbocycles. The standard InChI is InChI=1S/C14H15BrFN3O2/c1-7-10(8(2)21-18-7)6-19(3)12-5-9(15)4-11(16)13(12)14(17)20/h4-5H,6H2,1-3H3,(H2,17,20). The minimum absolute atomic E-state index is 0.132. The number of primary amides is 1. The fourth-order valence-electron chi connectivity index (χ4n) is 2.15. The molecule has 5 nitrogen and oxygen atoms in total. The zero-order chi connectivity index (χ0) is 15.7. The van der Waals surface area contributed by atoms with Crippen molar-refractivity contribution in [3.63, 3.8) is 0 Å². The molecule has 0 aliphatic heterocycles. The van der Waals surface area contributed by atoms with E-state index in [1.165, 1.54) is 6.07 Å². The van der Waals surface area contributed by atoms with Crippen LogP contribution in [-0.2, 0) is 6.54 Å². The summed E-state index contributed by atoms with van der Waals surface area (Å²) >= 11 is 3.22. The molecule has 0 unspecified atom stereocenters. The first-order valence-corrected chi connectivity index (χ1v) is 7.02. The van der Waals surface area contributed by atoms with E-state index >= 15 is 0 Å². The van der Waals surface area contributed by atoms with Crippen molar-refractivity contribution in [2.75, 3.05) is 11.9 Å². The first-order valence-electron chi connectivity index (χ1n) is 6.23. The fourth-order valence-corrected chi connectivity index (χ4v) is 2.57. The quantitative estimate of drug-likeness (QED) is 0.914. The molecular formula is C14H15BrFN3O2. The van der Waals surface area contributed by atoms with E-state index in [1.807, 2.05) is 6.92 Å². The lowest BCUT2D eigenvalue weighted by Gasteiger charge is -2.22. The van der Waals surface area contributed by atoms with Crippen LogP contribution in [0.5, 0.6) is 0 Å². The molecule has 0 saturated heterocycles. The van der Waals surface area contributed by atoms with Crippen molar-refractivity contribution >= 4 is 27.5 Å². The lowest BCUT2D eigenvalue weighted by Crippen LogP contribution is -2.23. The minimum atomic E-state index is -0.805. The summed E-state index contributed by atoms with van der Waals surface area (Å²) in [5, 5.41) is 3.88. The van der Waals surface area contributed by atoms with Gasteiger partial charge in [0.25, 0.3) is 5.91 Å². The molecule has 7 heteroatoms. The summed E-state index contributed by atoms with van der Waals surface area (Å²) in [5.74, 6) is -0.770. The van der Waals surface area contributed by atoms with Crippen LogP contribution < -0.4 is 10.6 Å². The number of hydrogen-bond acceptors (Lipinski definition) is 4. The smallest absolute Gasteiger partial charge is 0.253 e. The van der Waals surface area contributed by atoms with Crippen LogP contribution in [0.4, 0.5) is 10.1 Å². The van der Waals surface area contributed by atoms with Crippen molar-refractivity contribution in [2.45, 2.75) is 20.4 Å². The van der Waals surface area contributed by atoms with Crippen LogP contribution in [0.3, 0.4) is 0 Å². The van der Waals surface area contributed by atoms with Gasteiger partial charge in [-0.15, -0.1) is 0 Å². The number of rotatable bonds is 4. The monoisotopic (exact) mass is 355 g/mol. The van der Waals surface area contributed by atoms with Crippen LogP contribution >= 0.6 is 15.9 Å². The van der Waals surface area contributed by atoms with Gasteiger partial charge in [0.2, 0.25) is 0 Å². The van der Waals surface area contributed by atoms with Gasteiger partial charge in [-0.2, -0.15) is 0 Å². The van der Waals surface area contributed by atoms with E-state index in [-0.39, 0.29) is 5.56 Å². The lowest BCUT2D eigenvalue weighted by atomic mass is 10.1. The maximum absolute atomic E-state index is 14.0. The molecule has 2 aromatic rings. The Morgan fingerprint density at radius 2 is 2.14 bits per heavy atom. The van der Waals surface area contributed by atoms with Crippen molar-refractivity contribution < 1.29 is 13.7 Å². The number of carbonyl (C=O) groups is 1. The third-order valence-corrected chi connectivity index (χ3v) is 3.73. The van der Waals surface area contributed by atoms with E-state index in [9.17, 15) is 9.18 Å². The van der Waals surface area contributed by atoms with Gasteiger partial charge >= 0.3 is 0 Å². The van der Waals surface area contributed by atoms with Crippen LogP contribution in [-0.4, -0.2) is 18.1 Å². The van der Waals surface area contributed by atoms with E-state index in [1.54, 1.807) is 24.9 Å². The van der Waals surface area contributed by atoms with Crippen molar-refractivity contribution in [1.82, 2.24) is 5.16 Å². The number of aromatic nitrogens is 1. The molecule has 1 amide bonds. The van der Waals surface area contributed by atoms with Gasteiger partial charge in [0.15, 0.2) is 0 Å². The molecule has 2 rings (SSSR count). The molecule has 1 aromatic carbocycles. The molecule has 2 N–H and O–H groups in total. The Morgan fingerprint density at radius 3 is 2.67 bits per heavy atom. The van der Waals surface area contributed by atoms with Crippen molar-refractivity contribution in [1.29, 1.82) is 0 Å². The number of anilines is 1. The predicted octanol–water partition coefficient (Wildman–Crippen LogP) is 2.93. The van der Waals surface area contributed by atoms with Crippen LogP contribution in [0.15, 0.2) is 21.1 Å². The highest BCUT2D eigenvalue weighted by atomic mass is 79.9. The van der Waals surface area contributed by atoms with Crippen molar-refractivity contribution in [3.8, 4) is 0 Å². The number of hydrogen-bond donors (Lipinski definition) is 1. The van der Waals surface area contributed by atoms with Gasteiger partial charge in [-0.3, -0.25) is 4.79 Å². The first kappa shape index (κ1) is 15.5. The lowest BCUT2D eigenvalue weighted by molar-refractivity contribution is 0.0997. The third-order valence-electron chi connectivity index (χ3n) is 3.27. The summed E-state index contributed by atoms with van der Waals surface area (Å²) in [5.41, 5.74) is 7.22. The summed E-state index contributed by atoms with van der Waals surface area (Å²) in [6.45, 7) is 4.06. The van der Waals surface area contributed by atoms with Gasteiger partial charge in [0.05, 0.1) is 16.9 Å². The van der Waals surface area contributed by atoms with Crippen LogP contribution in [0.25, 0.3) is 0 Å². The topological polar surface area (TPSA) is 72.4 Å². The van der Waals surface area contributed by atoms with Crippen molar-refractivity contribution in [3.05, 3.63) is 45.0 Å². The largest absolute Gasteiger partial charge is 0.369 e. The maximum Gasteiger partial charge on any atom is 0.253 e. The summed E-state index contributed by atoms with van der Waals surface area (Å²) < 4.78 is 19.6. The average molecular weight is 356 g/mol. The number of halogens is 2. The van der Waals surface area contributed by atoms with Gasteiger partial charge in [-0.05, 0) is 26.0 Å². The maximum atomic E-state index is 14.0. The second-order valence-electron chi connectivity index (χ2n) is 4.80. The van der Waals surface area contributed by atoms with Crippen LogP contribution in [0, 0.1) is 19.7 Å². The highest BCUT2D eigenvalue weighted by Gasteiger charge is 2.20. The van der Waals surface area contributed by atoms with E-state index < -0.39 is 11.7 Å². The molecule has 0 bridgehead atoms. The van der Waals surface area contributed by atoms with E-state index in [4.69, 9.17) is 10.3 Å². The van der Waals surface area contributed by atoms with Gasteiger partial charge in [-0.25, -0.2) is 4.39 Å². The normalized spacial score (nSPS) is 10.7. The minimum Gasteiger partial charge on any atom is -0.369 e. The Hall–Kier alpha value is -1.89. The van der Waals surface area contributed by atoms with E-state index in [0.29, 0.717) is 22.5 Å². The Balaban J connectivity index is 2.44. The average Bonchev–Trinajstić information content (AvgIpc) is 2.68. The second kappa shape index (κ2) is 5.85. The molecule has 0 radical (unpaired) electrons. The highest BCUT2D eigenvalue weighted by molar-refractivity contribution is 9.10. The molecule has 0 aliphatic rings. The molecule has 1 heterocycles. The Kier molecular flexibility index (Phi) is 4.32. The fraction of sp³-hybridized carbons (Fsp3) is 0.286. The van der Waals surface area contributed by atoms with Gasteiger partial charge in [0.1, 0.15) is 11.6 Å². The number of carbonyl (C=O) groups excluding carboxylic acids is 1. The third kappa shape index (κ3) is 3.07. The molecule has 1 aromatic heterocycles. The molecule has 0 atom stereocenters. The van der Waals surface area contributed by atoms with Crippen LogP contribution in [0.2, 0.25) is 0 Å². The molecular weight excluding hydrogens is 341 g/mol. The van der Waals surface area contributed by atoms with Gasteiger partial charge in [-0.1, -0.05) is 21.1 Å². The number of benzene rings is 1. The first-order chi connectivity index (χ1) is 9.81. The molecule has 112 valence electrons. The summed E-state index contributed by atoms with van der Waals surface area (Å²) in [4.78, 5) is 13.2. The summed E-state index contributed by atoms with van der Waals surface area (Å²) in [7, 11) is 1.75. The molecule has 0 fully saturated rings. The number of amides is 1. The highest BCUT2D eigenvalue weighted by Crippen LogP contribution is 2.29. The molecule has 0 saturated carbocycles. The van der Waals surface area contributed by atoms with E-state index in [2.05, 4.69) is 21.1 Å². The SMILES string of the molecule is Cc1noc(C)c1CN(C)c1cc(Br)cc(F)c1C(N)=O. The summed E-state index contributed by atoms with van der Waals surface area (Å²) in [6.07, 6.45) is 0. The number of nitrogens with zero attached hydrogens (tertiary/aromatic N) is 2. The Bertz CT molecular complexity index is 680. The number of aryl methyl sites for hydroxylation is 2. The van der Waals surface area contributed by atoms with Crippen LogP contribution in [0.1, 0.15) is 27.4 Å². The Morgan fingerprint density at radius 1 is 1.48 bits per heavy atom. The van der Waals surface area contributed by atoms with Gasteiger partial charge in [0, 0.05) is 23.6 Å². The number of nitrogens with two attached hydrogens (primary N) is 1. The van der Waals surface area contributed by atoms with E-state index in [0.717, 1.165) is 11.3 Å². The molecule has 21 heavy (non-hydrogen) atoms.